The standard InChI is InChI=1S/C17H21N7O/c1-13(15-8-19-23(2)9-15)21-17(25)22-16(10-24-12-18-11-20-24)14-6-4-3-5-7-14/h3-9,11-13,16H,10H2,1-2H3,(H2,21,22,25)/t13-,16+/m1/s1. The van der Waals surface area contributed by atoms with Gasteiger partial charge in [-0.1, -0.05) is 30.3 Å². The molecule has 0 aliphatic carbocycles. The van der Waals surface area contributed by atoms with Crippen LogP contribution in [0.4, 0.5) is 4.79 Å². The Labute approximate surface area is 145 Å². The Balaban J connectivity index is 1.67. The Morgan fingerprint density at radius 1 is 1.16 bits per heavy atom. The third kappa shape index (κ3) is 4.43. The molecular weight excluding hydrogens is 318 g/mol. The van der Waals surface area contributed by atoms with E-state index in [1.54, 1.807) is 21.9 Å². The van der Waals surface area contributed by atoms with Crippen molar-refractivity contribution in [2.75, 3.05) is 0 Å². The number of amides is 2. The number of benzene rings is 1. The molecule has 8 nitrogen and oxygen atoms in total. The first kappa shape index (κ1) is 16.7. The number of aryl methyl sites for hydroxylation is 1. The van der Waals surface area contributed by atoms with Gasteiger partial charge in [-0.3, -0.25) is 9.36 Å². The summed E-state index contributed by atoms with van der Waals surface area (Å²) >= 11 is 0. The molecule has 0 unspecified atom stereocenters. The Bertz CT molecular complexity index is 798. The zero-order chi connectivity index (χ0) is 17.6. The predicted octanol–water partition coefficient (Wildman–Crippen LogP) is 1.81. The second-order valence-electron chi connectivity index (χ2n) is 5.87. The molecule has 130 valence electrons. The first-order valence-corrected chi connectivity index (χ1v) is 8.05. The minimum atomic E-state index is -0.245. The summed E-state index contributed by atoms with van der Waals surface area (Å²) in [5.74, 6) is 0. The van der Waals surface area contributed by atoms with Gasteiger partial charge in [0.2, 0.25) is 0 Å². The molecule has 0 bridgehead atoms. The van der Waals surface area contributed by atoms with E-state index in [2.05, 4.69) is 25.8 Å². The summed E-state index contributed by atoms with van der Waals surface area (Å²) in [5, 5.41) is 14.2. The van der Waals surface area contributed by atoms with Crippen LogP contribution in [0.3, 0.4) is 0 Å². The van der Waals surface area contributed by atoms with Gasteiger partial charge in [-0.25, -0.2) is 9.78 Å². The first-order valence-electron chi connectivity index (χ1n) is 8.05. The Morgan fingerprint density at radius 3 is 2.60 bits per heavy atom. The quantitative estimate of drug-likeness (QED) is 0.717. The van der Waals surface area contributed by atoms with E-state index in [0.29, 0.717) is 6.54 Å². The molecule has 2 atom stereocenters. The Kier molecular flexibility index (Phi) is 5.08. The smallest absolute Gasteiger partial charge is 0.315 e. The zero-order valence-electron chi connectivity index (χ0n) is 14.2. The first-order chi connectivity index (χ1) is 12.1. The summed E-state index contributed by atoms with van der Waals surface area (Å²) in [6.45, 7) is 2.42. The highest BCUT2D eigenvalue weighted by Gasteiger charge is 2.17. The van der Waals surface area contributed by atoms with E-state index in [1.165, 1.54) is 6.33 Å². The molecule has 2 heterocycles. The lowest BCUT2D eigenvalue weighted by molar-refractivity contribution is 0.232. The highest BCUT2D eigenvalue weighted by atomic mass is 16.2. The monoisotopic (exact) mass is 339 g/mol. The molecule has 0 aliphatic rings. The van der Waals surface area contributed by atoms with Crippen LogP contribution in [-0.2, 0) is 13.6 Å². The summed E-state index contributed by atoms with van der Waals surface area (Å²) in [5.41, 5.74) is 1.95. The molecule has 0 fully saturated rings. The number of hydrogen-bond donors (Lipinski definition) is 2. The van der Waals surface area contributed by atoms with Crippen molar-refractivity contribution in [2.24, 2.45) is 7.05 Å². The molecule has 0 saturated heterocycles. The fourth-order valence-electron chi connectivity index (χ4n) is 2.58. The molecule has 2 amide bonds. The largest absolute Gasteiger partial charge is 0.332 e. The van der Waals surface area contributed by atoms with E-state index in [1.807, 2.05) is 50.5 Å². The number of rotatable bonds is 6. The Hall–Kier alpha value is -3.16. The van der Waals surface area contributed by atoms with Crippen LogP contribution in [-0.4, -0.2) is 30.6 Å². The molecule has 8 heteroatoms. The van der Waals surface area contributed by atoms with E-state index in [9.17, 15) is 4.79 Å². The van der Waals surface area contributed by atoms with E-state index >= 15 is 0 Å². The second kappa shape index (κ2) is 7.61. The molecule has 0 spiro atoms. The number of carbonyl (C=O) groups is 1. The van der Waals surface area contributed by atoms with Gasteiger partial charge in [0, 0.05) is 18.8 Å². The van der Waals surface area contributed by atoms with Crippen LogP contribution in [0.1, 0.15) is 30.1 Å². The Morgan fingerprint density at radius 2 is 1.96 bits per heavy atom. The van der Waals surface area contributed by atoms with Crippen LogP contribution < -0.4 is 10.6 Å². The third-order valence-corrected chi connectivity index (χ3v) is 3.92. The van der Waals surface area contributed by atoms with Gasteiger partial charge in [0.25, 0.3) is 0 Å². The lowest BCUT2D eigenvalue weighted by atomic mass is 10.1. The fraction of sp³-hybridized carbons (Fsp3) is 0.294. The number of nitrogens with zero attached hydrogens (tertiary/aromatic N) is 5. The van der Waals surface area contributed by atoms with Gasteiger partial charge in [-0.05, 0) is 12.5 Å². The molecule has 2 N–H and O–H groups in total. The average Bonchev–Trinajstić information content (AvgIpc) is 3.26. The number of nitrogens with one attached hydrogen (secondary N) is 2. The summed E-state index contributed by atoms with van der Waals surface area (Å²) < 4.78 is 3.41. The molecule has 0 saturated carbocycles. The number of carbonyl (C=O) groups excluding carboxylic acids is 1. The summed E-state index contributed by atoms with van der Waals surface area (Å²) in [7, 11) is 1.85. The van der Waals surface area contributed by atoms with Crippen molar-refractivity contribution < 1.29 is 4.79 Å². The van der Waals surface area contributed by atoms with E-state index < -0.39 is 0 Å². The minimum absolute atomic E-state index is 0.142. The SMILES string of the molecule is C[C@@H](NC(=O)N[C@@H](Cn1cncn1)c1ccccc1)c1cnn(C)c1. The molecule has 1 aromatic carbocycles. The average molecular weight is 339 g/mol. The van der Waals surface area contributed by atoms with Crippen LogP contribution in [0.25, 0.3) is 0 Å². The van der Waals surface area contributed by atoms with Crippen molar-refractivity contribution in [3.8, 4) is 0 Å². The molecule has 2 aromatic heterocycles. The highest BCUT2D eigenvalue weighted by molar-refractivity contribution is 5.75. The van der Waals surface area contributed by atoms with Gasteiger partial charge in [0.1, 0.15) is 12.7 Å². The lowest BCUT2D eigenvalue weighted by Gasteiger charge is -2.21. The van der Waals surface area contributed by atoms with Gasteiger partial charge < -0.3 is 10.6 Å². The van der Waals surface area contributed by atoms with Crippen molar-refractivity contribution in [2.45, 2.75) is 25.6 Å². The summed E-state index contributed by atoms with van der Waals surface area (Å²) in [4.78, 5) is 16.4. The fourth-order valence-corrected chi connectivity index (χ4v) is 2.58. The molecule has 3 aromatic rings. The van der Waals surface area contributed by atoms with Crippen molar-refractivity contribution in [1.82, 2.24) is 35.2 Å². The van der Waals surface area contributed by atoms with E-state index in [-0.39, 0.29) is 18.1 Å². The van der Waals surface area contributed by atoms with Gasteiger partial charge in [-0.15, -0.1) is 0 Å². The maximum absolute atomic E-state index is 12.5. The van der Waals surface area contributed by atoms with Gasteiger partial charge >= 0.3 is 6.03 Å². The van der Waals surface area contributed by atoms with Crippen LogP contribution in [0.2, 0.25) is 0 Å². The molecule has 25 heavy (non-hydrogen) atoms. The maximum atomic E-state index is 12.5. The number of urea groups is 1. The van der Waals surface area contributed by atoms with Gasteiger partial charge in [0.05, 0.1) is 24.8 Å². The van der Waals surface area contributed by atoms with Crippen LogP contribution in [0, 0.1) is 0 Å². The number of hydrogen-bond acceptors (Lipinski definition) is 4. The van der Waals surface area contributed by atoms with Gasteiger partial charge in [0.15, 0.2) is 0 Å². The molecular formula is C17H21N7O. The highest BCUT2D eigenvalue weighted by Crippen LogP contribution is 2.15. The van der Waals surface area contributed by atoms with Gasteiger partial charge in [-0.2, -0.15) is 10.2 Å². The van der Waals surface area contributed by atoms with Crippen molar-refractivity contribution >= 4 is 6.03 Å². The number of aromatic nitrogens is 5. The predicted molar refractivity (Wildman–Crippen MR) is 92.5 cm³/mol. The summed E-state index contributed by atoms with van der Waals surface area (Å²) in [6.07, 6.45) is 6.74. The van der Waals surface area contributed by atoms with Crippen molar-refractivity contribution in [3.05, 3.63) is 66.5 Å². The van der Waals surface area contributed by atoms with Crippen molar-refractivity contribution in [3.63, 3.8) is 0 Å². The van der Waals surface area contributed by atoms with Crippen molar-refractivity contribution in [1.29, 1.82) is 0 Å². The molecule has 0 radical (unpaired) electrons. The maximum Gasteiger partial charge on any atom is 0.315 e. The summed E-state index contributed by atoms with van der Waals surface area (Å²) in [6, 6.07) is 9.19. The van der Waals surface area contributed by atoms with Crippen LogP contribution >= 0.6 is 0 Å². The minimum Gasteiger partial charge on any atom is -0.332 e. The van der Waals surface area contributed by atoms with E-state index in [0.717, 1.165) is 11.1 Å². The van der Waals surface area contributed by atoms with E-state index in [4.69, 9.17) is 0 Å². The lowest BCUT2D eigenvalue weighted by Crippen LogP contribution is -2.40. The second-order valence-corrected chi connectivity index (χ2v) is 5.87. The van der Waals surface area contributed by atoms with Crippen LogP contribution in [0.5, 0.6) is 0 Å². The zero-order valence-corrected chi connectivity index (χ0v) is 14.2. The van der Waals surface area contributed by atoms with Crippen LogP contribution in [0.15, 0.2) is 55.4 Å². The normalized spacial score (nSPS) is 13.2. The third-order valence-electron chi connectivity index (χ3n) is 3.92. The molecule has 0 aliphatic heterocycles. The molecule has 3 rings (SSSR count). The topological polar surface area (TPSA) is 89.7 Å².